The van der Waals surface area contributed by atoms with Crippen molar-refractivity contribution in [2.45, 2.75) is 57.2 Å². The van der Waals surface area contributed by atoms with Crippen LogP contribution in [-0.2, 0) is 16.0 Å². The number of piperidine rings is 2. The van der Waals surface area contributed by atoms with E-state index in [1.54, 1.807) is 21.9 Å². The molecule has 2 aromatic carbocycles. The average Bonchev–Trinajstić information content (AvgIpc) is 3.76. The van der Waals surface area contributed by atoms with Gasteiger partial charge >= 0.3 is 11.8 Å². The fraction of sp³-hybridized carbons (Fsp3) is 0.486. The van der Waals surface area contributed by atoms with Crippen molar-refractivity contribution in [2.24, 2.45) is 0 Å². The fourth-order valence-corrected chi connectivity index (χ4v) is 8.28. The number of pyridine rings is 1. The molecule has 1 unspecified atom stereocenters. The molecule has 2 N–H and O–H groups in total. The molecule has 13 nitrogen and oxygen atoms in total. The Hall–Kier alpha value is -4.75. The highest BCUT2D eigenvalue weighted by molar-refractivity contribution is 6.01. The standard InChI is InChI=1S/C37H45N9O4/c1-24-19-25(20-26-22-39-41-33(24)26)21-32(35(47)44-17-15-43(16-18-44)27-7-11-42(2)12-8-27)50-37(49)45-13-9-28(10-14-45)46-31-23-38-30-6-4-3-5-29(30)34(31)40-36(46)48/h3-6,19-20,22-23,27-28,32H,7-18,21H2,1-2H3,(H,39,41)(H,40,48). The average molecular weight is 680 g/mol. The van der Waals surface area contributed by atoms with Crippen LogP contribution >= 0.6 is 0 Å². The third-order valence-corrected chi connectivity index (χ3v) is 11.1. The van der Waals surface area contributed by atoms with Gasteiger partial charge in [-0.2, -0.15) is 5.10 Å². The molecule has 3 aromatic heterocycles. The Morgan fingerprint density at radius 1 is 0.900 bits per heavy atom. The molecule has 0 bridgehead atoms. The number of carbonyl (C=O) groups excluding carboxylic acids is 2. The summed E-state index contributed by atoms with van der Waals surface area (Å²) in [5, 5.41) is 9.08. The fourth-order valence-electron chi connectivity index (χ4n) is 8.28. The highest BCUT2D eigenvalue weighted by atomic mass is 16.6. The summed E-state index contributed by atoms with van der Waals surface area (Å²) < 4.78 is 7.92. The SMILES string of the molecule is Cc1cc(CC(OC(=O)N2CCC(n3c(=O)[nH]c4c5ccccc5ncc43)CC2)C(=O)N2CCN(C3CCN(C)CC3)CC2)cc2cn[nH]c12. The van der Waals surface area contributed by atoms with Crippen molar-refractivity contribution in [3.63, 3.8) is 0 Å². The smallest absolute Gasteiger partial charge is 0.410 e. The van der Waals surface area contributed by atoms with E-state index in [1.807, 2.05) is 48.2 Å². The Balaban J connectivity index is 0.961. The molecule has 3 fully saturated rings. The lowest BCUT2D eigenvalue weighted by Gasteiger charge is -2.42. The maximum atomic E-state index is 14.1. The van der Waals surface area contributed by atoms with Gasteiger partial charge in [0.05, 0.1) is 34.5 Å². The van der Waals surface area contributed by atoms with Crippen molar-refractivity contribution in [3.05, 3.63) is 70.4 Å². The Morgan fingerprint density at radius 3 is 2.42 bits per heavy atom. The first-order valence-electron chi connectivity index (χ1n) is 17.9. The summed E-state index contributed by atoms with van der Waals surface area (Å²) in [6.07, 6.45) is 5.84. The minimum atomic E-state index is -0.950. The molecule has 5 aromatic rings. The number of nitrogens with zero attached hydrogens (tertiary/aromatic N) is 7. The Bertz CT molecular complexity index is 2080. The number of ether oxygens (including phenoxy) is 1. The number of imidazole rings is 1. The van der Waals surface area contributed by atoms with Crippen molar-refractivity contribution < 1.29 is 14.3 Å². The van der Waals surface area contributed by atoms with E-state index in [9.17, 15) is 14.4 Å². The molecular formula is C37H45N9O4. The molecule has 2 amide bonds. The Kier molecular flexibility index (Phi) is 8.77. The summed E-state index contributed by atoms with van der Waals surface area (Å²) in [4.78, 5) is 57.1. The normalized spacial score (nSPS) is 19.5. The summed E-state index contributed by atoms with van der Waals surface area (Å²) in [6.45, 7) is 7.94. The van der Waals surface area contributed by atoms with Crippen molar-refractivity contribution in [1.82, 2.24) is 44.3 Å². The van der Waals surface area contributed by atoms with Crippen LogP contribution in [0.4, 0.5) is 4.79 Å². The summed E-state index contributed by atoms with van der Waals surface area (Å²) in [6, 6.07) is 12.3. The monoisotopic (exact) mass is 679 g/mol. The Labute approximate surface area is 290 Å². The van der Waals surface area contributed by atoms with E-state index in [0.717, 1.165) is 83.0 Å². The molecule has 0 spiro atoms. The molecule has 13 heteroatoms. The van der Waals surface area contributed by atoms with Gasteiger partial charge in [0.25, 0.3) is 5.91 Å². The lowest BCUT2D eigenvalue weighted by molar-refractivity contribution is -0.143. The topological polar surface area (TPSA) is 136 Å². The van der Waals surface area contributed by atoms with E-state index in [1.165, 1.54) is 0 Å². The number of H-pyrrole nitrogens is 2. The molecule has 3 aliphatic rings. The number of para-hydroxylation sites is 1. The summed E-state index contributed by atoms with van der Waals surface area (Å²) in [7, 11) is 2.17. The number of aromatic nitrogens is 5. The van der Waals surface area contributed by atoms with E-state index < -0.39 is 12.2 Å². The zero-order valence-electron chi connectivity index (χ0n) is 28.8. The van der Waals surface area contributed by atoms with Crippen molar-refractivity contribution >= 4 is 44.8 Å². The number of amides is 2. The first-order chi connectivity index (χ1) is 24.3. The predicted molar refractivity (Wildman–Crippen MR) is 191 cm³/mol. The van der Waals surface area contributed by atoms with Crippen LogP contribution in [0.5, 0.6) is 0 Å². The van der Waals surface area contributed by atoms with Gasteiger partial charge in [-0.25, -0.2) is 9.59 Å². The number of aromatic amines is 2. The largest absolute Gasteiger partial charge is 0.436 e. The molecule has 8 rings (SSSR count). The summed E-state index contributed by atoms with van der Waals surface area (Å²) in [5.74, 6) is -0.147. The molecule has 0 saturated carbocycles. The van der Waals surface area contributed by atoms with Gasteiger partial charge in [0.15, 0.2) is 6.10 Å². The van der Waals surface area contributed by atoms with E-state index in [0.29, 0.717) is 45.1 Å². The number of piperazine rings is 1. The molecule has 50 heavy (non-hydrogen) atoms. The lowest BCUT2D eigenvalue weighted by Crippen LogP contribution is -2.56. The minimum Gasteiger partial charge on any atom is -0.436 e. The first-order valence-corrected chi connectivity index (χ1v) is 17.9. The van der Waals surface area contributed by atoms with Crippen LogP contribution in [0.2, 0.25) is 0 Å². The number of nitrogens with one attached hydrogen (secondary N) is 2. The number of benzene rings is 2. The van der Waals surface area contributed by atoms with Gasteiger partial charge in [-0.15, -0.1) is 0 Å². The van der Waals surface area contributed by atoms with Gasteiger partial charge < -0.3 is 24.4 Å². The maximum Gasteiger partial charge on any atom is 0.410 e. The minimum absolute atomic E-state index is 0.0915. The number of hydrogen-bond acceptors (Lipinski definition) is 8. The number of aryl methyl sites for hydroxylation is 1. The molecule has 0 radical (unpaired) electrons. The van der Waals surface area contributed by atoms with E-state index >= 15 is 0 Å². The van der Waals surface area contributed by atoms with Gasteiger partial charge in [-0.05, 0) is 76.0 Å². The summed E-state index contributed by atoms with van der Waals surface area (Å²) >= 11 is 0. The second-order valence-corrected chi connectivity index (χ2v) is 14.3. The van der Waals surface area contributed by atoms with Gasteiger partial charge in [-0.3, -0.25) is 24.3 Å². The third kappa shape index (κ3) is 6.24. The number of fused-ring (bicyclic) bond motifs is 4. The van der Waals surface area contributed by atoms with Crippen molar-refractivity contribution in [2.75, 3.05) is 59.4 Å². The van der Waals surface area contributed by atoms with Gasteiger partial charge in [-0.1, -0.05) is 24.3 Å². The van der Waals surface area contributed by atoms with E-state index in [2.05, 4.69) is 37.0 Å². The first kappa shape index (κ1) is 32.5. The van der Waals surface area contributed by atoms with Gasteiger partial charge in [0, 0.05) is 68.5 Å². The van der Waals surface area contributed by atoms with Gasteiger partial charge in [0.2, 0.25) is 0 Å². The number of carbonyl (C=O) groups is 2. The number of rotatable bonds is 6. The number of hydrogen-bond donors (Lipinski definition) is 2. The van der Waals surface area contributed by atoms with Crippen molar-refractivity contribution in [1.29, 1.82) is 0 Å². The lowest BCUT2D eigenvalue weighted by atomic mass is 10.0. The number of likely N-dealkylation sites (tertiary alicyclic amines) is 2. The van der Waals surface area contributed by atoms with Crippen LogP contribution in [0.25, 0.3) is 32.8 Å². The maximum absolute atomic E-state index is 14.1. The zero-order chi connectivity index (χ0) is 34.4. The second-order valence-electron chi connectivity index (χ2n) is 14.3. The Morgan fingerprint density at radius 2 is 1.64 bits per heavy atom. The molecule has 1 atom stereocenters. The van der Waals surface area contributed by atoms with E-state index in [-0.39, 0.29) is 24.1 Å². The van der Waals surface area contributed by atoms with Crippen LogP contribution in [0.3, 0.4) is 0 Å². The highest BCUT2D eigenvalue weighted by Crippen LogP contribution is 2.29. The quantitative estimate of drug-likeness (QED) is 0.278. The van der Waals surface area contributed by atoms with Crippen LogP contribution in [-0.4, -0.2) is 128 Å². The molecular weight excluding hydrogens is 634 g/mol. The zero-order valence-corrected chi connectivity index (χ0v) is 28.8. The van der Waals surface area contributed by atoms with Crippen LogP contribution in [0.1, 0.15) is 42.9 Å². The van der Waals surface area contributed by atoms with Crippen LogP contribution in [0.15, 0.2) is 53.6 Å². The molecule has 3 aliphatic heterocycles. The second kappa shape index (κ2) is 13.5. The highest BCUT2D eigenvalue weighted by Gasteiger charge is 2.35. The van der Waals surface area contributed by atoms with Crippen LogP contribution < -0.4 is 5.69 Å². The van der Waals surface area contributed by atoms with Gasteiger partial charge in [0.1, 0.15) is 0 Å². The third-order valence-electron chi connectivity index (χ3n) is 11.1. The summed E-state index contributed by atoms with van der Waals surface area (Å²) in [5.41, 5.74) is 5.10. The van der Waals surface area contributed by atoms with E-state index in [4.69, 9.17) is 4.74 Å². The molecule has 6 heterocycles. The molecule has 0 aliphatic carbocycles. The van der Waals surface area contributed by atoms with Crippen LogP contribution in [0, 0.1) is 6.92 Å². The van der Waals surface area contributed by atoms with Crippen molar-refractivity contribution in [3.8, 4) is 0 Å². The predicted octanol–water partition coefficient (Wildman–Crippen LogP) is 3.69. The molecule has 262 valence electrons. The molecule has 3 saturated heterocycles.